The predicted molar refractivity (Wildman–Crippen MR) is 110 cm³/mol. The van der Waals surface area contributed by atoms with Gasteiger partial charge in [-0.15, -0.1) is 11.3 Å². The minimum atomic E-state index is -0.280. The van der Waals surface area contributed by atoms with Gasteiger partial charge in [0, 0.05) is 17.0 Å². The van der Waals surface area contributed by atoms with Crippen molar-refractivity contribution in [2.75, 3.05) is 11.5 Å². The molecule has 1 saturated heterocycles. The first-order chi connectivity index (χ1) is 13.3. The molecule has 1 fully saturated rings. The molecule has 0 bridgehead atoms. The van der Waals surface area contributed by atoms with Crippen LogP contribution < -0.4 is 4.90 Å². The van der Waals surface area contributed by atoms with Crippen molar-refractivity contribution in [1.82, 2.24) is 4.98 Å². The molecule has 2 aliphatic rings. The number of allylic oxidation sites excluding steroid dienone is 2. The van der Waals surface area contributed by atoms with E-state index in [9.17, 15) is 10.4 Å². The zero-order chi connectivity index (χ0) is 18.8. The Morgan fingerprint density at radius 1 is 1.30 bits per heavy atom. The Morgan fingerprint density at radius 3 is 2.70 bits per heavy atom. The molecule has 2 aromatic rings. The SMILES string of the molecule is CCc1cnc(N2[C@H](C#N)[C@@H](c3ccc(C4=CCCCC4)cc3)[C@H]2CO)s1. The van der Waals surface area contributed by atoms with Crippen LogP contribution in [-0.2, 0) is 6.42 Å². The van der Waals surface area contributed by atoms with Crippen LogP contribution in [0.25, 0.3) is 5.57 Å². The highest BCUT2D eigenvalue weighted by atomic mass is 32.1. The average molecular weight is 380 g/mol. The number of hydrogen-bond donors (Lipinski definition) is 1. The molecular weight excluding hydrogens is 354 g/mol. The van der Waals surface area contributed by atoms with E-state index in [1.165, 1.54) is 35.3 Å². The molecule has 3 atom stereocenters. The van der Waals surface area contributed by atoms with Crippen LogP contribution in [0.1, 0.15) is 54.5 Å². The maximum atomic E-state index is 10.0. The van der Waals surface area contributed by atoms with Crippen molar-refractivity contribution in [2.45, 2.75) is 57.0 Å². The van der Waals surface area contributed by atoms with E-state index < -0.39 is 0 Å². The molecule has 4 rings (SSSR count). The molecule has 140 valence electrons. The van der Waals surface area contributed by atoms with E-state index in [4.69, 9.17) is 0 Å². The van der Waals surface area contributed by atoms with Gasteiger partial charge in [0.25, 0.3) is 0 Å². The summed E-state index contributed by atoms with van der Waals surface area (Å²) in [4.78, 5) is 7.68. The zero-order valence-electron chi connectivity index (χ0n) is 15.6. The first kappa shape index (κ1) is 18.2. The second-order valence-corrected chi connectivity index (χ2v) is 8.41. The third-order valence-electron chi connectivity index (χ3n) is 5.80. The van der Waals surface area contributed by atoms with Crippen molar-refractivity contribution in [1.29, 1.82) is 5.26 Å². The van der Waals surface area contributed by atoms with Crippen LogP contribution in [0.5, 0.6) is 0 Å². The molecule has 0 saturated carbocycles. The zero-order valence-corrected chi connectivity index (χ0v) is 16.5. The van der Waals surface area contributed by atoms with Gasteiger partial charge in [0.2, 0.25) is 0 Å². The first-order valence-corrected chi connectivity index (χ1v) is 10.6. The summed E-state index contributed by atoms with van der Waals surface area (Å²) in [6.07, 6.45) is 10.0. The summed E-state index contributed by atoms with van der Waals surface area (Å²) < 4.78 is 0. The standard InChI is InChI=1S/C22H25N3OS/c1-2-18-13-24-22(27-18)25-19(12-23)21(20(25)14-26)17-10-8-16(9-11-17)15-6-4-3-5-7-15/h6,8-11,13,19-21,26H,2-5,7,14H2,1H3/t19-,20-,21-/m1/s1. The van der Waals surface area contributed by atoms with Gasteiger partial charge in [0.05, 0.1) is 18.7 Å². The third-order valence-corrected chi connectivity index (χ3v) is 6.95. The third kappa shape index (κ3) is 3.28. The molecule has 5 heteroatoms. The van der Waals surface area contributed by atoms with E-state index in [-0.39, 0.29) is 24.6 Å². The average Bonchev–Trinajstić information content (AvgIpc) is 3.17. The molecular formula is C22H25N3OS. The van der Waals surface area contributed by atoms with Gasteiger partial charge in [0.15, 0.2) is 5.13 Å². The van der Waals surface area contributed by atoms with Crippen molar-refractivity contribution < 1.29 is 5.11 Å². The summed E-state index contributed by atoms with van der Waals surface area (Å²) in [6.45, 7) is 2.13. The maximum absolute atomic E-state index is 10.0. The van der Waals surface area contributed by atoms with Crippen molar-refractivity contribution in [3.63, 3.8) is 0 Å². The molecule has 4 nitrogen and oxygen atoms in total. The Hall–Kier alpha value is -2.16. The van der Waals surface area contributed by atoms with E-state index >= 15 is 0 Å². The lowest BCUT2D eigenvalue weighted by Crippen LogP contribution is -2.63. The van der Waals surface area contributed by atoms with Crippen molar-refractivity contribution in [3.05, 3.63) is 52.5 Å². The summed E-state index contributed by atoms with van der Waals surface area (Å²) in [5.74, 6) is 0.0170. The molecule has 1 aromatic carbocycles. The second-order valence-electron chi connectivity index (χ2n) is 7.32. The van der Waals surface area contributed by atoms with E-state index in [0.717, 1.165) is 23.5 Å². The summed E-state index contributed by atoms with van der Waals surface area (Å²) in [7, 11) is 0. The smallest absolute Gasteiger partial charge is 0.186 e. The van der Waals surface area contributed by atoms with Gasteiger partial charge in [-0.25, -0.2) is 4.98 Å². The molecule has 1 aliphatic carbocycles. The van der Waals surface area contributed by atoms with Gasteiger partial charge in [-0.1, -0.05) is 37.3 Å². The van der Waals surface area contributed by atoms with Crippen LogP contribution in [0.4, 0.5) is 5.13 Å². The molecule has 2 heterocycles. The minimum absolute atomic E-state index is 0.0170. The van der Waals surface area contributed by atoms with Gasteiger partial charge in [-0.3, -0.25) is 0 Å². The van der Waals surface area contributed by atoms with Crippen LogP contribution >= 0.6 is 11.3 Å². The molecule has 27 heavy (non-hydrogen) atoms. The van der Waals surface area contributed by atoms with Crippen molar-refractivity contribution in [2.24, 2.45) is 0 Å². The quantitative estimate of drug-likeness (QED) is 0.830. The number of aliphatic hydroxyl groups excluding tert-OH is 1. The Kier molecular flexibility index (Phi) is 5.29. The number of aromatic nitrogens is 1. The minimum Gasteiger partial charge on any atom is -0.394 e. The molecule has 1 aromatic heterocycles. The number of hydrogen-bond acceptors (Lipinski definition) is 5. The summed E-state index contributed by atoms with van der Waals surface area (Å²) in [5, 5.41) is 20.6. The number of nitrogens with zero attached hydrogens (tertiary/aromatic N) is 3. The largest absolute Gasteiger partial charge is 0.394 e. The highest BCUT2D eigenvalue weighted by Gasteiger charge is 2.50. The normalized spacial score (nSPS) is 24.9. The Balaban J connectivity index is 1.57. The number of rotatable bonds is 5. The van der Waals surface area contributed by atoms with E-state index in [1.54, 1.807) is 11.3 Å². The first-order valence-electron chi connectivity index (χ1n) is 9.79. The fourth-order valence-electron chi connectivity index (χ4n) is 4.27. The van der Waals surface area contributed by atoms with Crippen LogP contribution in [0.3, 0.4) is 0 Å². The molecule has 0 unspecified atom stereocenters. The fraction of sp³-hybridized carbons (Fsp3) is 0.455. The Bertz CT molecular complexity index is 864. The van der Waals surface area contributed by atoms with Crippen LogP contribution in [0.15, 0.2) is 36.5 Å². The summed E-state index contributed by atoms with van der Waals surface area (Å²) in [5.41, 5.74) is 3.86. The molecule has 0 spiro atoms. The lowest BCUT2D eigenvalue weighted by Gasteiger charge is -2.51. The predicted octanol–water partition coefficient (Wildman–Crippen LogP) is 4.52. The van der Waals surface area contributed by atoms with Gasteiger partial charge >= 0.3 is 0 Å². The van der Waals surface area contributed by atoms with Crippen molar-refractivity contribution >= 4 is 22.0 Å². The van der Waals surface area contributed by atoms with Crippen LogP contribution in [-0.4, -0.2) is 28.8 Å². The highest BCUT2D eigenvalue weighted by molar-refractivity contribution is 7.15. The number of benzene rings is 1. The number of nitriles is 1. The highest BCUT2D eigenvalue weighted by Crippen LogP contribution is 2.45. The number of aryl methyl sites for hydroxylation is 1. The molecule has 1 aliphatic heterocycles. The maximum Gasteiger partial charge on any atom is 0.186 e. The Labute approximate surface area is 164 Å². The van der Waals surface area contributed by atoms with Gasteiger partial charge < -0.3 is 10.0 Å². The van der Waals surface area contributed by atoms with E-state index in [0.29, 0.717) is 0 Å². The monoisotopic (exact) mass is 379 g/mol. The number of anilines is 1. The van der Waals surface area contributed by atoms with E-state index in [1.807, 2.05) is 11.1 Å². The second kappa shape index (κ2) is 7.84. The molecule has 0 radical (unpaired) electrons. The lowest BCUT2D eigenvalue weighted by molar-refractivity contribution is 0.187. The Morgan fingerprint density at radius 2 is 2.11 bits per heavy atom. The number of aliphatic hydroxyl groups is 1. The van der Waals surface area contributed by atoms with Crippen molar-refractivity contribution in [3.8, 4) is 6.07 Å². The number of thiazole rings is 1. The van der Waals surface area contributed by atoms with Gasteiger partial charge in [0.1, 0.15) is 6.04 Å². The summed E-state index contributed by atoms with van der Waals surface area (Å²) >= 11 is 1.62. The fourth-order valence-corrected chi connectivity index (χ4v) is 5.21. The van der Waals surface area contributed by atoms with Crippen LogP contribution in [0.2, 0.25) is 0 Å². The molecule has 0 amide bonds. The van der Waals surface area contributed by atoms with E-state index in [2.05, 4.69) is 48.3 Å². The lowest BCUT2D eigenvalue weighted by atomic mass is 9.76. The van der Waals surface area contributed by atoms with Gasteiger partial charge in [-0.05, 0) is 48.8 Å². The molecule has 1 N–H and O–H groups in total. The van der Waals surface area contributed by atoms with Crippen LogP contribution in [0, 0.1) is 11.3 Å². The summed E-state index contributed by atoms with van der Waals surface area (Å²) in [6, 6.07) is 10.7. The topological polar surface area (TPSA) is 60.2 Å². The van der Waals surface area contributed by atoms with Gasteiger partial charge in [-0.2, -0.15) is 5.26 Å².